The number of sulfone groups is 1. The van der Waals surface area contributed by atoms with Crippen LogP contribution in [0.5, 0.6) is 5.88 Å². The van der Waals surface area contributed by atoms with Gasteiger partial charge in [0, 0.05) is 11.8 Å². The molecule has 196 valence electrons. The number of aryl methyl sites for hydroxylation is 2. The quantitative estimate of drug-likeness (QED) is 0.414. The molecule has 0 aliphatic heterocycles. The summed E-state index contributed by atoms with van der Waals surface area (Å²) in [4.78, 5) is 32.7. The number of sulfonamides is 1. The van der Waals surface area contributed by atoms with E-state index in [1.54, 1.807) is 13.8 Å². The number of benzene rings is 2. The third-order valence-corrected chi connectivity index (χ3v) is 8.55. The van der Waals surface area contributed by atoms with Crippen molar-refractivity contribution < 1.29 is 35.9 Å². The Morgan fingerprint density at radius 3 is 2.22 bits per heavy atom. The number of methoxy groups -OCH3 is 2. The Hall–Kier alpha value is -4.04. The van der Waals surface area contributed by atoms with Gasteiger partial charge in [0.1, 0.15) is 10.8 Å². The van der Waals surface area contributed by atoms with E-state index in [1.807, 2.05) is 0 Å². The molecule has 0 aliphatic rings. The lowest BCUT2D eigenvalue weighted by Crippen LogP contribution is -2.43. The third-order valence-electron chi connectivity index (χ3n) is 5.01. The number of amides is 2. The fraction of sp³-hybridized carbons (Fsp3) is 0.217. The summed E-state index contributed by atoms with van der Waals surface area (Å²) in [6, 6.07) is 10.7. The molecular formula is C23H24N4O8S2. The summed E-state index contributed by atoms with van der Waals surface area (Å²) in [6.07, 6.45) is 0. The highest BCUT2D eigenvalue weighted by Crippen LogP contribution is 2.25. The molecule has 1 aromatic heterocycles. The van der Waals surface area contributed by atoms with Crippen LogP contribution in [-0.4, -0.2) is 63.2 Å². The fourth-order valence-electron chi connectivity index (χ4n) is 3.16. The van der Waals surface area contributed by atoms with Crippen LogP contribution in [0.3, 0.4) is 0 Å². The van der Waals surface area contributed by atoms with Gasteiger partial charge in [0.25, 0.3) is 10.0 Å². The van der Waals surface area contributed by atoms with Gasteiger partial charge in [-0.15, -0.1) is 0 Å². The fourth-order valence-corrected chi connectivity index (χ4v) is 6.44. The predicted octanol–water partition coefficient (Wildman–Crippen LogP) is 2.54. The smallest absolute Gasteiger partial charge is 0.339 e. The average molecular weight is 549 g/mol. The van der Waals surface area contributed by atoms with Crippen LogP contribution in [0.4, 0.5) is 10.7 Å². The van der Waals surface area contributed by atoms with Gasteiger partial charge in [-0.05, 0) is 38.1 Å². The molecule has 0 fully saturated rings. The van der Waals surface area contributed by atoms with Crippen LogP contribution in [0, 0.1) is 13.8 Å². The lowest BCUT2D eigenvalue weighted by atomic mass is 10.2. The lowest BCUT2D eigenvalue weighted by Gasteiger charge is -2.23. The number of esters is 1. The van der Waals surface area contributed by atoms with Crippen LogP contribution in [0.15, 0.2) is 64.4 Å². The van der Waals surface area contributed by atoms with Crippen LogP contribution in [0.1, 0.15) is 21.6 Å². The van der Waals surface area contributed by atoms with Gasteiger partial charge in [-0.3, -0.25) is 5.32 Å². The molecule has 0 unspecified atom stereocenters. The highest BCUT2D eigenvalue weighted by molar-refractivity contribution is 7.94. The molecule has 1 heterocycles. The maximum atomic E-state index is 13.7. The first-order valence-corrected chi connectivity index (χ1v) is 13.7. The number of urea groups is 1. The van der Waals surface area contributed by atoms with Crippen molar-refractivity contribution in [3.63, 3.8) is 0 Å². The number of carbonyl (C=O) groups excluding carboxylic acids is 2. The van der Waals surface area contributed by atoms with Crippen LogP contribution >= 0.6 is 0 Å². The van der Waals surface area contributed by atoms with Crippen LogP contribution < -0.4 is 10.1 Å². The molecule has 1 N–H and O–H groups in total. The topological polar surface area (TPSA) is 162 Å². The van der Waals surface area contributed by atoms with E-state index in [1.165, 1.54) is 55.6 Å². The summed E-state index contributed by atoms with van der Waals surface area (Å²) >= 11 is 0. The molecule has 0 aliphatic carbocycles. The summed E-state index contributed by atoms with van der Waals surface area (Å²) in [6.45, 7) is 3.34. The summed E-state index contributed by atoms with van der Waals surface area (Å²) in [5.41, 5.74) is 0.780. The molecule has 0 spiro atoms. The largest absolute Gasteiger partial charge is 0.481 e. The normalized spacial score (nSPS) is 11.5. The standard InChI is InChI=1S/C23H24N4O8S2/c1-15-9-11-17(12-10-15)36(30,31)14-27(23(29)26-22-24-16(2)13-20(25-22)34-3)37(32,33)19-8-6-5-7-18(19)21(28)35-4/h5-13H,14H2,1-4H3,(H,24,25,26,29). The van der Waals surface area contributed by atoms with Gasteiger partial charge < -0.3 is 9.47 Å². The number of nitrogens with zero attached hydrogens (tertiary/aromatic N) is 3. The molecule has 0 bridgehead atoms. The molecule has 2 aromatic carbocycles. The number of carbonyl (C=O) groups is 2. The monoisotopic (exact) mass is 548 g/mol. The maximum absolute atomic E-state index is 13.7. The predicted molar refractivity (Wildman–Crippen MR) is 132 cm³/mol. The Morgan fingerprint density at radius 2 is 1.59 bits per heavy atom. The minimum absolute atomic E-state index is 0.0838. The van der Waals surface area contributed by atoms with E-state index >= 15 is 0 Å². The second kappa shape index (κ2) is 10.9. The third kappa shape index (κ3) is 6.21. The van der Waals surface area contributed by atoms with Crippen molar-refractivity contribution >= 4 is 37.8 Å². The van der Waals surface area contributed by atoms with Gasteiger partial charge in [0.15, 0.2) is 9.84 Å². The van der Waals surface area contributed by atoms with Crippen molar-refractivity contribution in [3.05, 3.63) is 71.4 Å². The molecule has 0 atom stereocenters. The van der Waals surface area contributed by atoms with Crippen LogP contribution in [0.25, 0.3) is 0 Å². The molecule has 0 saturated heterocycles. The van der Waals surface area contributed by atoms with Crippen molar-refractivity contribution in [2.75, 3.05) is 25.4 Å². The molecule has 37 heavy (non-hydrogen) atoms. The SMILES string of the molecule is COC(=O)c1ccccc1S(=O)(=O)N(CS(=O)(=O)c1ccc(C)cc1)C(=O)Nc1nc(C)cc(OC)n1. The van der Waals surface area contributed by atoms with E-state index in [4.69, 9.17) is 4.74 Å². The van der Waals surface area contributed by atoms with Crippen molar-refractivity contribution in [2.24, 2.45) is 0 Å². The van der Waals surface area contributed by atoms with E-state index in [2.05, 4.69) is 20.0 Å². The van der Waals surface area contributed by atoms with E-state index < -0.39 is 42.6 Å². The number of ether oxygens (including phenoxy) is 2. The molecular weight excluding hydrogens is 524 g/mol. The van der Waals surface area contributed by atoms with Crippen LogP contribution in [0.2, 0.25) is 0 Å². The summed E-state index contributed by atoms with van der Waals surface area (Å²) in [5.74, 6) is -2.51. The van der Waals surface area contributed by atoms with Crippen molar-refractivity contribution in [2.45, 2.75) is 23.6 Å². The molecule has 0 radical (unpaired) electrons. The first-order valence-electron chi connectivity index (χ1n) is 10.6. The van der Waals surface area contributed by atoms with Crippen LogP contribution in [-0.2, 0) is 24.6 Å². The number of anilines is 1. The molecule has 12 nitrogen and oxygen atoms in total. The first kappa shape index (κ1) is 27.5. The van der Waals surface area contributed by atoms with Gasteiger partial charge in [-0.25, -0.2) is 35.7 Å². The minimum atomic E-state index is -4.93. The van der Waals surface area contributed by atoms with Gasteiger partial charge in [-0.2, -0.15) is 4.98 Å². The summed E-state index contributed by atoms with van der Waals surface area (Å²) in [7, 11) is -6.90. The molecule has 3 rings (SSSR count). The molecule has 14 heteroatoms. The molecule has 2 amide bonds. The Bertz CT molecular complexity index is 1540. The minimum Gasteiger partial charge on any atom is -0.481 e. The highest BCUT2D eigenvalue weighted by Gasteiger charge is 2.37. The lowest BCUT2D eigenvalue weighted by molar-refractivity contribution is 0.0596. The zero-order valence-corrected chi connectivity index (χ0v) is 22.0. The number of hydrogen-bond acceptors (Lipinski definition) is 10. The Balaban J connectivity index is 2.12. The van der Waals surface area contributed by atoms with E-state index in [0.29, 0.717) is 5.69 Å². The Morgan fingerprint density at radius 1 is 0.946 bits per heavy atom. The zero-order chi connectivity index (χ0) is 27.4. The maximum Gasteiger partial charge on any atom is 0.339 e. The Kier molecular flexibility index (Phi) is 8.13. The van der Waals surface area contributed by atoms with Gasteiger partial charge in [-0.1, -0.05) is 29.8 Å². The second-order valence-electron chi connectivity index (χ2n) is 7.70. The molecule has 3 aromatic rings. The number of aromatic nitrogens is 2. The van der Waals surface area contributed by atoms with E-state index in [0.717, 1.165) is 18.7 Å². The van der Waals surface area contributed by atoms with Gasteiger partial charge in [0.05, 0.1) is 24.7 Å². The van der Waals surface area contributed by atoms with E-state index in [9.17, 15) is 26.4 Å². The number of rotatable bonds is 8. The van der Waals surface area contributed by atoms with Crippen molar-refractivity contribution in [1.82, 2.24) is 14.3 Å². The van der Waals surface area contributed by atoms with Crippen molar-refractivity contribution in [1.29, 1.82) is 0 Å². The second-order valence-corrected chi connectivity index (χ2v) is 11.5. The molecule has 0 saturated carbocycles. The van der Waals surface area contributed by atoms with Crippen molar-refractivity contribution in [3.8, 4) is 5.88 Å². The number of hydrogen-bond donors (Lipinski definition) is 1. The first-order chi connectivity index (χ1) is 17.4. The highest BCUT2D eigenvalue weighted by atomic mass is 32.2. The summed E-state index contributed by atoms with van der Waals surface area (Å²) in [5, 5.41) is 2.20. The average Bonchev–Trinajstić information content (AvgIpc) is 2.86. The zero-order valence-electron chi connectivity index (χ0n) is 20.3. The van der Waals surface area contributed by atoms with Gasteiger partial charge in [0.2, 0.25) is 11.8 Å². The Labute approximate surface area is 214 Å². The van der Waals surface area contributed by atoms with Gasteiger partial charge >= 0.3 is 12.0 Å². The number of nitrogens with one attached hydrogen (secondary N) is 1. The van der Waals surface area contributed by atoms with E-state index in [-0.39, 0.29) is 26.6 Å². The summed E-state index contributed by atoms with van der Waals surface area (Å²) < 4.78 is 63.5.